The van der Waals surface area contributed by atoms with Crippen LogP contribution in [0.1, 0.15) is 29.3 Å². The fourth-order valence-electron chi connectivity index (χ4n) is 2.06. The molecule has 4 heteroatoms. The van der Waals surface area contributed by atoms with Crippen molar-refractivity contribution >= 4 is 5.91 Å². The van der Waals surface area contributed by atoms with Gasteiger partial charge in [-0.25, -0.2) is 4.39 Å². The molecular formula is C17H18FNO2. The van der Waals surface area contributed by atoms with Gasteiger partial charge in [0, 0.05) is 6.04 Å². The van der Waals surface area contributed by atoms with Crippen LogP contribution in [0.2, 0.25) is 0 Å². The number of amides is 1. The predicted octanol–water partition coefficient (Wildman–Crippen LogP) is 3.28. The molecule has 0 spiro atoms. The molecule has 1 amide bonds. The van der Waals surface area contributed by atoms with E-state index in [0.717, 1.165) is 18.4 Å². The second-order valence-electron chi connectivity index (χ2n) is 5.06. The van der Waals surface area contributed by atoms with E-state index < -0.39 is 11.7 Å². The number of hydrogen-bond donors (Lipinski definition) is 2. The van der Waals surface area contributed by atoms with Crippen molar-refractivity contribution in [3.05, 3.63) is 65.5 Å². The smallest absolute Gasteiger partial charge is 0.254 e. The molecule has 0 aromatic heterocycles. The minimum Gasteiger partial charge on any atom is -0.508 e. The van der Waals surface area contributed by atoms with Gasteiger partial charge in [-0.05, 0) is 49.6 Å². The van der Waals surface area contributed by atoms with Crippen molar-refractivity contribution in [1.29, 1.82) is 0 Å². The van der Waals surface area contributed by atoms with Gasteiger partial charge < -0.3 is 10.4 Å². The van der Waals surface area contributed by atoms with Gasteiger partial charge in [0.25, 0.3) is 5.91 Å². The first-order chi connectivity index (χ1) is 10.1. The Morgan fingerprint density at radius 3 is 2.52 bits per heavy atom. The third kappa shape index (κ3) is 4.31. The molecule has 110 valence electrons. The number of rotatable bonds is 5. The Labute approximate surface area is 123 Å². The highest BCUT2D eigenvalue weighted by Crippen LogP contribution is 2.12. The summed E-state index contributed by atoms with van der Waals surface area (Å²) in [5.41, 5.74) is 1.15. The van der Waals surface area contributed by atoms with Crippen molar-refractivity contribution < 1.29 is 14.3 Å². The van der Waals surface area contributed by atoms with Crippen LogP contribution in [0.15, 0.2) is 48.5 Å². The number of carbonyl (C=O) groups is 1. The number of halogens is 1. The summed E-state index contributed by atoms with van der Waals surface area (Å²) in [6, 6.07) is 12.8. The van der Waals surface area contributed by atoms with Crippen molar-refractivity contribution in [3.63, 3.8) is 0 Å². The van der Waals surface area contributed by atoms with Gasteiger partial charge in [-0.15, -0.1) is 0 Å². The largest absolute Gasteiger partial charge is 0.508 e. The molecule has 2 N–H and O–H groups in total. The first-order valence-corrected chi connectivity index (χ1v) is 6.89. The number of nitrogens with one attached hydrogen (secondary N) is 1. The molecular weight excluding hydrogens is 269 g/mol. The standard InChI is InChI=1S/C17H18FNO2/c1-12(6-7-13-8-10-14(20)11-9-13)19-17(21)15-4-2-3-5-16(15)18/h2-5,8-12,20H,6-7H2,1H3,(H,19,21). The van der Waals surface area contributed by atoms with E-state index in [-0.39, 0.29) is 17.4 Å². The molecule has 0 aliphatic heterocycles. The van der Waals surface area contributed by atoms with Crippen LogP contribution in [-0.4, -0.2) is 17.1 Å². The molecule has 3 nitrogen and oxygen atoms in total. The van der Waals surface area contributed by atoms with Gasteiger partial charge in [-0.3, -0.25) is 4.79 Å². The van der Waals surface area contributed by atoms with Crippen molar-refractivity contribution in [2.45, 2.75) is 25.8 Å². The second-order valence-corrected chi connectivity index (χ2v) is 5.06. The van der Waals surface area contributed by atoms with Crippen LogP contribution in [0.25, 0.3) is 0 Å². The first kappa shape index (κ1) is 15.0. The molecule has 1 atom stereocenters. The SMILES string of the molecule is CC(CCc1ccc(O)cc1)NC(=O)c1ccccc1F. The third-order valence-corrected chi connectivity index (χ3v) is 3.30. The first-order valence-electron chi connectivity index (χ1n) is 6.89. The molecule has 0 radical (unpaired) electrons. The van der Waals surface area contributed by atoms with Crippen LogP contribution in [-0.2, 0) is 6.42 Å². The molecule has 0 saturated carbocycles. The van der Waals surface area contributed by atoms with E-state index >= 15 is 0 Å². The minimum absolute atomic E-state index is 0.0639. The molecule has 0 bridgehead atoms. The quantitative estimate of drug-likeness (QED) is 0.886. The Balaban J connectivity index is 1.87. The van der Waals surface area contributed by atoms with E-state index in [1.54, 1.807) is 24.3 Å². The molecule has 0 fully saturated rings. The normalized spacial score (nSPS) is 11.9. The Morgan fingerprint density at radius 1 is 1.19 bits per heavy atom. The van der Waals surface area contributed by atoms with Crippen molar-refractivity contribution in [1.82, 2.24) is 5.32 Å². The zero-order valence-electron chi connectivity index (χ0n) is 11.8. The number of hydrogen-bond acceptors (Lipinski definition) is 2. The fourth-order valence-corrected chi connectivity index (χ4v) is 2.06. The Bertz CT molecular complexity index is 610. The number of aryl methyl sites for hydroxylation is 1. The zero-order chi connectivity index (χ0) is 15.2. The number of benzene rings is 2. The average Bonchev–Trinajstić information content (AvgIpc) is 2.47. The second kappa shape index (κ2) is 6.88. The summed E-state index contributed by atoms with van der Waals surface area (Å²) < 4.78 is 13.5. The van der Waals surface area contributed by atoms with Crippen molar-refractivity contribution in [2.75, 3.05) is 0 Å². The lowest BCUT2D eigenvalue weighted by Crippen LogP contribution is -2.33. The maximum absolute atomic E-state index is 13.5. The Hall–Kier alpha value is -2.36. The molecule has 0 saturated heterocycles. The highest BCUT2D eigenvalue weighted by Gasteiger charge is 2.13. The highest BCUT2D eigenvalue weighted by molar-refractivity contribution is 5.94. The third-order valence-electron chi connectivity index (χ3n) is 3.30. The van der Waals surface area contributed by atoms with E-state index in [2.05, 4.69) is 5.32 Å². The zero-order valence-corrected chi connectivity index (χ0v) is 11.8. The molecule has 2 rings (SSSR count). The maximum Gasteiger partial charge on any atom is 0.254 e. The fraction of sp³-hybridized carbons (Fsp3) is 0.235. The lowest BCUT2D eigenvalue weighted by molar-refractivity contribution is 0.0934. The van der Waals surface area contributed by atoms with Gasteiger partial charge in [0.2, 0.25) is 0 Å². The molecule has 2 aromatic rings. The molecule has 0 aliphatic rings. The monoisotopic (exact) mass is 287 g/mol. The van der Waals surface area contributed by atoms with Crippen LogP contribution in [0, 0.1) is 5.82 Å². The Kier molecular flexibility index (Phi) is 4.93. The van der Waals surface area contributed by atoms with Crippen LogP contribution in [0.3, 0.4) is 0 Å². The number of carbonyl (C=O) groups excluding carboxylic acids is 1. The highest BCUT2D eigenvalue weighted by atomic mass is 19.1. The van der Waals surface area contributed by atoms with Crippen molar-refractivity contribution in [3.8, 4) is 5.75 Å². The van der Waals surface area contributed by atoms with Gasteiger partial charge in [-0.2, -0.15) is 0 Å². The van der Waals surface area contributed by atoms with Crippen LogP contribution < -0.4 is 5.32 Å². The van der Waals surface area contributed by atoms with Gasteiger partial charge in [0.15, 0.2) is 0 Å². The van der Waals surface area contributed by atoms with E-state index in [0.29, 0.717) is 0 Å². The summed E-state index contributed by atoms with van der Waals surface area (Å²) in [5, 5.41) is 12.0. The van der Waals surface area contributed by atoms with Gasteiger partial charge in [0.05, 0.1) is 5.56 Å². The number of aromatic hydroxyl groups is 1. The molecule has 0 heterocycles. The van der Waals surface area contributed by atoms with Crippen molar-refractivity contribution in [2.24, 2.45) is 0 Å². The average molecular weight is 287 g/mol. The topological polar surface area (TPSA) is 49.3 Å². The summed E-state index contributed by atoms with van der Waals surface area (Å²) in [5.74, 6) is -0.674. The van der Waals surface area contributed by atoms with E-state index in [1.807, 2.05) is 19.1 Å². The lowest BCUT2D eigenvalue weighted by atomic mass is 10.1. The summed E-state index contributed by atoms with van der Waals surface area (Å²) in [6.45, 7) is 1.89. The maximum atomic E-state index is 13.5. The molecule has 0 aliphatic carbocycles. The molecule has 1 unspecified atom stereocenters. The van der Waals surface area contributed by atoms with Crippen LogP contribution in [0.4, 0.5) is 4.39 Å². The molecule has 2 aromatic carbocycles. The summed E-state index contributed by atoms with van der Waals surface area (Å²) in [7, 11) is 0. The number of phenolic OH excluding ortho intramolecular Hbond substituents is 1. The summed E-state index contributed by atoms with van der Waals surface area (Å²) >= 11 is 0. The van der Waals surface area contributed by atoms with Crippen LogP contribution >= 0.6 is 0 Å². The minimum atomic E-state index is -0.513. The van der Waals surface area contributed by atoms with Gasteiger partial charge in [-0.1, -0.05) is 24.3 Å². The predicted molar refractivity (Wildman–Crippen MR) is 79.8 cm³/mol. The van der Waals surface area contributed by atoms with E-state index in [4.69, 9.17) is 0 Å². The number of phenols is 1. The summed E-state index contributed by atoms with van der Waals surface area (Å²) in [4.78, 5) is 11.9. The molecule has 21 heavy (non-hydrogen) atoms. The summed E-state index contributed by atoms with van der Waals surface area (Å²) in [6.07, 6.45) is 1.52. The van der Waals surface area contributed by atoms with Crippen LogP contribution in [0.5, 0.6) is 5.75 Å². The van der Waals surface area contributed by atoms with Gasteiger partial charge >= 0.3 is 0 Å². The van der Waals surface area contributed by atoms with E-state index in [1.165, 1.54) is 12.1 Å². The van der Waals surface area contributed by atoms with Gasteiger partial charge in [0.1, 0.15) is 11.6 Å². The Morgan fingerprint density at radius 2 is 1.86 bits per heavy atom. The van der Waals surface area contributed by atoms with E-state index in [9.17, 15) is 14.3 Å². The lowest BCUT2D eigenvalue weighted by Gasteiger charge is -2.14.